The van der Waals surface area contributed by atoms with Crippen LogP contribution in [0.15, 0.2) is 48.8 Å². The van der Waals surface area contributed by atoms with E-state index in [1.54, 1.807) is 46.0 Å². The van der Waals surface area contributed by atoms with E-state index in [1.165, 1.54) is 23.4 Å². The van der Waals surface area contributed by atoms with E-state index in [4.69, 9.17) is 9.47 Å². The Balaban J connectivity index is 1.40. The minimum Gasteiger partial charge on any atom is -0.489 e. The Morgan fingerprint density at radius 3 is 2.59 bits per heavy atom. The minimum absolute atomic E-state index is 0.103. The molecule has 232 valence electrons. The van der Waals surface area contributed by atoms with Gasteiger partial charge >= 0.3 is 12.1 Å². The highest BCUT2D eigenvalue weighted by Gasteiger charge is 2.31. The summed E-state index contributed by atoms with van der Waals surface area (Å²) >= 11 is 0. The fourth-order valence-electron chi connectivity index (χ4n) is 4.24. The topological polar surface area (TPSA) is 115 Å². The number of alkyl carbamates (subject to hydrolysis) is 1. The van der Waals surface area contributed by atoms with Crippen molar-refractivity contribution >= 4 is 23.7 Å². The Hall–Kier alpha value is -4.92. The van der Waals surface area contributed by atoms with Crippen LogP contribution in [0.3, 0.4) is 0 Å². The second kappa shape index (κ2) is 12.8. The Kier molecular flexibility index (Phi) is 9.27. The van der Waals surface area contributed by atoms with E-state index in [-0.39, 0.29) is 25.1 Å². The molecule has 2 aromatic carbocycles. The molecule has 0 radical (unpaired) electrons. The van der Waals surface area contributed by atoms with E-state index >= 15 is 0 Å². The normalized spacial score (nSPS) is 14.9. The largest absolute Gasteiger partial charge is 0.489 e. The van der Waals surface area contributed by atoms with Gasteiger partial charge in [0.2, 0.25) is 0 Å². The van der Waals surface area contributed by atoms with Crippen LogP contribution in [0.5, 0.6) is 5.75 Å². The van der Waals surface area contributed by atoms with Crippen molar-refractivity contribution in [2.45, 2.75) is 52.7 Å². The van der Waals surface area contributed by atoms with Gasteiger partial charge in [0.05, 0.1) is 11.9 Å². The molecule has 1 aliphatic rings. The maximum absolute atomic E-state index is 14.0. The van der Waals surface area contributed by atoms with Crippen LogP contribution in [0.2, 0.25) is 0 Å². The van der Waals surface area contributed by atoms with Gasteiger partial charge in [-0.2, -0.15) is 9.78 Å². The van der Waals surface area contributed by atoms with Crippen molar-refractivity contribution in [3.05, 3.63) is 77.1 Å². The number of rotatable bonds is 5. The maximum atomic E-state index is 14.0. The number of likely N-dealkylation sites (N-methyl/N-ethyl adjacent to an activating group) is 1. The number of nitrogens with zero attached hydrogens (tertiary/aromatic N) is 3. The van der Waals surface area contributed by atoms with Crippen LogP contribution in [0.25, 0.3) is 0 Å². The molecule has 0 fully saturated rings. The van der Waals surface area contributed by atoms with Crippen molar-refractivity contribution in [2.75, 3.05) is 25.1 Å². The molecule has 3 aromatic rings. The molecule has 1 aromatic heterocycles. The number of ether oxygens (including phenoxy) is 2. The van der Waals surface area contributed by atoms with Crippen LogP contribution in [0.1, 0.15) is 51.3 Å². The average molecular weight is 608 g/mol. The van der Waals surface area contributed by atoms with Gasteiger partial charge in [-0.05, 0) is 70.0 Å². The van der Waals surface area contributed by atoms with Gasteiger partial charge < -0.3 is 25.0 Å². The predicted molar refractivity (Wildman–Crippen MR) is 159 cm³/mol. The molecule has 0 bridgehead atoms. The number of fused-ring (bicyclic) bond motifs is 1. The van der Waals surface area contributed by atoms with Crippen LogP contribution in [0, 0.1) is 28.9 Å². The summed E-state index contributed by atoms with van der Waals surface area (Å²) < 4.78 is 39.4. The molecular formula is C32H35F2N5O5. The molecule has 2 heterocycles. The van der Waals surface area contributed by atoms with Crippen molar-refractivity contribution in [1.82, 2.24) is 20.4 Å². The maximum Gasteiger partial charge on any atom is 0.407 e. The summed E-state index contributed by atoms with van der Waals surface area (Å²) in [6.45, 7) is 9.28. The number of carbonyl (C=O) groups excluding carboxylic acids is 3. The molecule has 12 heteroatoms. The molecule has 44 heavy (non-hydrogen) atoms. The summed E-state index contributed by atoms with van der Waals surface area (Å²) in [5.41, 5.74) is 0.703. The summed E-state index contributed by atoms with van der Waals surface area (Å²) in [6, 6.07) is 6.77. The van der Waals surface area contributed by atoms with Gasteiger partial charge in [0.15, 0.2) is 0 Å². The third-order valence-electron chi connectivity index (χ3n) is 6.52. The zero-order valence-corrected chi connectivity index (χ0v) is 25.5. The summed E-state index contributed by atoms with van der Waals surface area (Å²) in [5, 5.41) is 9.38. The molecule has 10 nitrogen and oxygen atoms in total. The van der Waals surface area contributed by atoms with E-state index in [1.807, 2.05) is 13.8 Å². The van der Waals surface area contributed by atoms with Crippen molar-refractivity contribution in [1.29, 1.82) is 0 Å². The molecule has 0 saturated carbocycles. The molecular weight excluding hydrogens is 572 g/mol. The number of hydrogen-bond donors (Lipinski definition) is 2. The fraction of sp³-hybridized carbons (Fsp3) is 0.375. The lowest BCUT2D eigenvalue weighted by Gasteiger charge is -2.23. The Bertz CT molecular complexity index is 1630. The Labute approximate surface area is 254 Å². The number of amides is 3. The summed E-state index contributed by atoms with van der Waals surface area (Å²) in [6.07, 6.45) is 2.39. The van der Waals surface area contributed by atoms with Gasteiger partial charge in [0, 0.05) is 43.3 Å². The smallest absolute Gasteiger partial charge is 0.407 e. The first-order valence-corrected chi connectivity index (χ1v) is 13.9. The third kappa shape index (κ3) is 8.34. The minimum atomic E-state index is -1.02. The zero-order chi connectivity index (χ0) is 32.2. The molecule has 3 amide bonds. The summed E-state index contributed by atoms with van der Waals surface area (Å²) in [4.78, 5) is 39.6. The number of hydrogen-bond acceptors (Lipinski definition) is 6. The standard InChI is InChI=1S/C32H35F2N5O5/c1-31(2,3)44-30(42)35-19-32(4,5)12-11-20-7-10-27-26(14-20)38(6)28(40)25(18-43-27)37-29(41)39-17-21(16-36-39)13-22-8-9-23(33)15-24(22)34/h7-10,14-17,25H,13,18-19H2,1-6H3,(H,35,42)(H,37,41)/t25-/m0/s1. The number of halogens is 2. The van der Waals surface area contributed by atoms with Crippen molar-refractivity contribution in [3.63, 3.8) is 0 Å². The van der Waals surface area contributed by atoms with Gasteiger partial charge in [-0.15, -0.1) is 0 Å². The lowest BCUT2D eigenvalue weighted by atomic mass is 9.94. The number of anilines is 1. The predicted octanol–water partition coefficient (Wildman–Crippen LogP) is 4.64. The molecule has 0 spiro atoms. The highest BCUT2D eigenvalue weighted by molar-refractivity contribution is 6.00. The summed E-state index contributed by atoms with van der Waals surface area (Å²) in [7, 11) is 1.57. The van der Waals surface area contributed by atoms with Crippen molar-refractivity contribution < 1.29 is 32.6 Å². The number of aromatic nitrogens is 2. The Morgan fingerprint density at radius 1 is 1.14 bits per heavy atom. The molecule has 0 unspecified atom stereocenters. The number of nitrogens with one attached hydrogen (secondary N) is 2. The number of benzene rings is 2. The first kappa shape index (κ1) is 32.0. The van der Waals surface area contributed by atoms with E-state index in [0.29, 0.717) is 22.6 Å². The van der Waals surface area contributed by atoms with Crippen LogP contribution < -0.4 is 20.3 Å². The van der Waals surface area contributed by atoms with Gasteiger partial charge in [0.25, 0.3) is 5.91 Å². The molecule has 0 aliphatic carbocycles. The van der Waals surface area contributed by atoms with Crippen molar-refractivity contribution in [3.8, 4) is 17.6 Å². The zero-order valence-electron chi connectivity index (χ0n) is 25.5. The van der Waals surface area contributed by atoms with Crippen LogP contribution >= 0.6 is 0 Å². The number of carbonyl (C=O) groups is 3. The van der Waals surface area contributed by atoms with Gasteiger partial charge in [-0.1, -0.05) is 17.9 Å². The lowest BCUT2D eigenvalue weighted by Crippen LogP contribution is -2.50. The second-order valence-electron chi connectivity index (χ2n) is 12.1. The monoisotopic (exact) mass is 607 g/mol. The third-order valence-corrected chi connectivity index (χ3v) is 6.52. The average Bonchev–Trinajstić information content (AvgIpc) is 3.38. The van der Waals surface area contributed by atoms with Gasteiger partial charge in [0.1, 0.15) is 35.6 Å². The van der Waals surface area contributed by atoms with E-state index in [0.717, 1.165) is 16.8 Å². The molecule has 0 saturated heterocycles. The Morgan fingerprint density at radius 2 is 1.89 bits per heavy atom. The van der Waals surface area contributed by atoms with E-state index in [9.17, 15) is 23.2 Å². The van der Waals surface area contributed by atoms with Crippen LogP contribution in [-0.4, -0.2) is 59.7 Å². The highest BCUT2D eigenvalue weighted by Crippen LogP contribution is 2.31. The van der Waals surface area contributed by atoms with Gasteiger partial charge in [-0.25, -0.2) is 18.4 Å². The lowest BCUT2D eigenvalue weighted by molar-refractivity contribution is -0.120. The highest BCUT2D eigenvalue weighted by atomic mass is 19.1. The van der Waals surface area contributed by atoms with Crippen molar-refractivity contribution in [2.24, 2.45) is 5.41 Å². The summed E-state index contributed by atoms with van der Waals surface area (Å²) in [5.74, 6) is 4.90. The molecule has 2 N–H and O–H groups in total. The SMILES string of the molecule is CN1C(=O)[C@@H](NC(=O)n2cc(Cc3ccc(F)cc3F)cn2)COc2ccc(C#CC(C)(C)CNC(=O)OC(C)(C)C)cc21. The molecule has 1 atom stereocenters. The van der Waals surface area contributed by atoms with Crippen LogP contribution in [-0.2, 0) is 16.0 Å². The van der Waals surface area contributed by atoms with Gasteiger partial charge in [-0.3, -0.25) is 4.79 Å². The molecule has 1 aliphatic heterocycles. The quantitative estimate of drug-likeness (QED) is 0.409. The van der Waals surface area contributed by atoms with E-state index < -0.39 is 46.7 Å². The van der Waals surface area contributed by atoms with Crippen LogP contribution in [0.4, 0.5) is 24.1 Å². The first-order chi connectivity index (χ1) is 20.6. The van der Waals surface area contributed by atoms with E-state index in [2.05, 4.69) is 27.6 Å². The second-order valence-corrected chi connectivity index (χ2v) is 12.1. The fourth-order valence-corrected chi connectivity index (χ4v) is 4.24. The first-order valence-electron chi connectivity index (χ1n) is 13.9. The molecule has 4 rings (SSSR count).